The topological polar surface area (TPSA) is 33.4 Å². The lowest BCUT2D eigenvalue weighted by Crippen LogP contribution is -2.09. The van der Waals surface area contributed by atoms with Crippen LogP contribution in [0.5, 0.6) is 0 Å². The van der Waals surface area contributed by atoms with Crippen LogP contribution in [0, 0.1) is 13.8 Å². The van der Waals surface area contributed by atoms with Gasteiger partial charge < -0.3 is 9.30 Å². The minimum absolute atomic E-state index is 0.949. The molecule has 0 radical (unpaired) electrons. The van der Waals surface area contributed by atoms with Crippen molar-refractivity contribution in [2.24, 2.45) is 0 Å². The van der Waals surface area contributed by atoms with Crippen molar-refractivity contribution < 1.29 is 0 Å². The number of imidazole rings is 1. The van der Waals surface area contributed by atoms with E-state index in [-0.39, 0.29) is 0 Å². The molecular formula is C16H18N4. The zero-order valence-corrected chi connectivity index (χ0v) is 12.3. The predicted molar refractivity (Wildman–Crippen MR) is 82.2 cm³/mol. The maximum Gasteiger partial charge on any atom is 0.140 e. The average Bonchev–Trinajstić information content (AvgIpc) is 2.83. The molecule has 0 saturated heterocycles. The molecule has 0 fully saturated rings. The lowest BCUT2D eigenvalue weighted by atomic mass is 10.2. The predicted octanol–water partition coefficient (Wildman–Crippen LogP) is 3.08. The van der Waals surface area contributed by atoms with E-state index in [1.54, 1.807) is 0 Å². The highest BCUT2D eigenvalue weighted by Gasteiger charge is 2.07. The minimum Gasteiger partial charge on any atom is -0.363 e. The maximum atomic E-state index is 4.71. The molecule has 3 aromatic heterocycles. The summed E-state index contributed by atoms with van der Waals surface area (Å²) in [4.78, 5) is 11.1. The first-order valence-corrected chi connectivity index (χ1v) is 6.64. The molecule has 0 N–H and O–H groups in total. The van der Waals surface area contributed by atoms with Crippen LogP contribution in [-0.2, 0) is 0 Å². The summed E-state index contributed by atoms with van der Waals surface area (Å²) in [5.41, 5.74) is 5.42. The van der Waals surface area contributed by atoms with Crippen LogP contribution in [0.2, 0.25) is 0 Å². The van der Waals surface area contributed by atoms with Gasteiger partial charge in [-0.15, -0.1) is 0 Å². The van der Waals surface area contributed by atoms with Crippen LogP contribution in [0.25, 0.3) is 16.9 Å². The zero-order chi connectivity index (χ0) is 14.3. The van der Waals surface area contributed by atoms with E-state index in [1.165, 1.54) is 11.1 Å². The van der Waals surface area contributed by atoms with E-state index < -0.39 is 0 Å². The van der Waals surface area contributed by atoms with E-state index in [1.807, 2.05) is 31.3 Å². The molecule has 0 unspecified atom stereocenters. The molecule has 3 rings (SSSR count). The summed E-state index contributed by atoms with van der Waals surface area (Å²) < 4.78 is 2.08. The Bertz CT molecular complexity index is 754. The van der Waals surface area contributed by atoms with Gasteiger partial charge in [-0.3, -0.25) is 0 Å². The number of anilines is 1. The third-order valence-electron chi connectivity index (χ3n) is 3.37. The molecular weight excluding hydrogens is 248 g/mol. The molecule has 3 aromatic rings. The van der Waals surface area contributed by atoms with Crippen molar-refractivity contribution in [3.05, 3.63) is 47.9 Å². The molecule has 0 aliphatic rings. The summed E-state index contributed by atoms with van der Waals surface area (Å²) in [5.74, 6) is 0.949. The van der Waals surface area contributed by atoms with Crippen LogP contribution < -0.4 is 4.90 Å². The molecule has 3 heterocycles. The number of hydrogen-bond donors (Lipinski definition) is 0. The molecule has 0 aliphatic carbocycles. The Morgan fingerprint density at radius 2 is 1.90 bits per heavy atom. The van der Waals surface area contributed by atoms with Gasteiger partial charge in [0.1, 0.15) is 11.5 Å². The van der Waals surface area contributed by atoms with E-state index in [0.29, 0.717) is 0 Å². The van der Waals surface area contributed by atoms with Gasteiger partial charge in [0.2, 0.25) is 0 Å². The molecule has 4 nitrogen and oxygen atoms in total. The van der Waals surface area contributed by atoms with Crippen molar-refractivity contribution in [1.82, 2.24) is 14.4 Å². The quantitative estimate of drug-likeness (QED) is 0.714. The summed E-state index contributed by atoms with van der Waals surface area (Å²) in [7, 11) is 3.97. The van der Waals surface area contributed by atoms with Crippen molar-refractivity contribution in [2.75, 3.05) is 19.0 Å². The van der Waals surface area contributed by atoms with Gasteiger partial charge in [-0.1, -0.05) is 6.07 Å². The average molecular weight is 266 g/mol. The molecule has 0 amide bonds. The molecule has 0 atom stereocenters. The second-order valence-corrected chi connectivity index (χ2v) is 5.36. The molecule has 102 valence electrons. The maximum absolute atomic E-state index is 4.71. The van der Waals surface area contributed by atoms with E-state index in [0.717, 1.165) is 22.7 Å². The van der Waals surface area contributed by atoms with Crippen LogP contribution in [-0.4, -0.2) is 28.5 Å². The number of hydrogen-bond acceptors (Lipinski definition) is 3. The lowest BCUT2D eigenvalue weighted by molar-refractivity contribution is 1.07. The van der Waals surface area contributed by atoms with Crippen molar-refractivity contribution in [1.29, 1.82) is 0 Å². The van der Waals surface area contributed by atoms with Crippen LogP contribution in [0.15, 0.2) is 36.8 Å². The second-order valence-electron chi connectivity index (χ2n) is 5.36. The Labute approximate surface area is 118 Å². The van der Waals surface area contributed by atoms with Crippen LogP contribution in [0.4, 0.5) is 5.82 Å². The number of pyridine rings is 2. The van der Waals surface area contributed by atoms with Gasteiger partial charge in [0.15, 0.2) is 0 Å². The molecule has 0 bridgehead atoms. The van der Waals surface area contributed by atoms with Crippen LogP contribution in [0.1, 0.15) is 11.1 Å². The van der Waals surface area contributed by atoms with Gasteiger partial charge in [-0.05, 0) is 37.1 Å². The van der Waals surface area contributed by atoms with Crippen molar-refractivity contribution in [3.63, 3.8) is 0 Å². The van der Waals surface area contributed by atoms with Gasteiger partial charge >= 0.3 is 0 Å². The normalized spacial score (nSPS) is 11.0. The molecule has 0 aromatic carbocycles. The first-order valence-electron chi connectivity index (χ1n) is 6.64. The summed E-state index contributed by atoms with van der Waals surface area (Å²) >= 11 is 0. The number of fused-ring (bicyclic) bond motifs is 1. The Morgan fingerprint density at radius 3 is 2.55 bits per heavy atom. The molecule has 0 spiro atoms. The highest BCUT2D eigenvalue weighted by molar-refractivity contribution is 5.64. The highest BCUT2D eigenvalue weighted by atomic mass is 15.1. The number of aryl methyl sites for hydroxylation is 2. The first kappa shape index (κ1) is 12.7. The standard InChI is InChI=1S/C16H18N4/c1-11-7-12(2)16-18-14(10-20(16)9-11)13-5-6-15(17-8-13)19(3)4/h5-10H,1-4H3. The summed E-state index contributed by atoms with van der Waals surface area (Å²) in [6, 6.07) is 6.23. The van der Waals surface area contributed by atoms with E-state index in [2.05, 4.69) is 47.8 Å². The summed E-state index contributed by atoms with van der Waals surface area (Å²) in [5, 5.41) is 0. The Hall–Kier alpha value is -2.36. The van der Waals surface area contributed by atoms with Crippen molar-refractivity contribution >= 4 is 11.5 Å². The third-order valence-corrected chi connectivity index (χ3v) is 3.37. The number of rotatable bonds is 2. The molecule has 0 saturated carbocycles. The fraction of sp³-hybridized carbons (Fsp3) is 0.250. The van der Waals surface area contributed by atoms with Crippen molar-refractivity contribution in [2.45, 2.75) is 13.8 Å². The smallest absolute Gasteiger partial charge is 0.140 e. The molecule has 0 aliphatic heterocycles. The van der Waals surface area contributed by atoms with E-state index in [9.17, 15) is 0 Å². The summed E-state index contributed by atoms with van der Waals surface area (Å²) in [6.07, 6.45) is 6.03. The SMILES string of the molecule is Cc1cc(C)c2nc(-c3ccc(N(C)C)nc3)cn2c1. The van der Waals surface area contributed by atoms with Crippen LogP contribution >= 0.6 is 0 Å². The first-order chi connectivity index (χ1) is 9.54. The Morgan fingerprint density at radius 1 is 1.10 bits per heavy atom. The van der Waals surface area contributed by atoms with Gasteiger partial charge in [0.25, 0.3) is 0 Å². The largest absolute Gasteiger partial charge is 0.363 e. The van der Waals surface area contributed by atoms with Crippen molar-refractivity contribution in [3.8, 4) is 11.3 Å². The Balaban J connectivity index is 2.08. The van der Waals surface area contributed by atoms with Crippen LogP contribution in [0.3, 0.4) is 0 Å². The van der Waals surface area contributed by atoms with E-state index >= 15 is 0 Å². The third kappa shape index (κ3) is 2.13. The van der Waals surface area contributed by atoms with Gasteiger partial charge in [0.05, 0.1) is 5.69 Å². The molecule has 20 heavy (non-hydrogen) atoms. The van der Waals surface area contributed by atoms with Gasteiger partial charge in [0, 0.05) is 38.2 Å². The second kappa shape index (κ2) is 4.63. The summed E-state index contributed by atoms with van der Waals surface area (Å²) in [6.45, 7) is 4.19. The fourth-order valence-electron chi connectivity index (χ4n) is 2.39. The number of nitrogens with zero attached hydrogens (tertiary/aromatic N) is 4. The van der Waals surface area contributed by atoms with Gasteiger partial charge in [-0.25, -0.2) is 9.97 Å². The van der Waals surface area contributed by atoms with E-state index in [4.69, 9.17) is 4.98 Å². The highest BCUT2D eigenvalue weighted by Crippen LogP contribution is 2.22. The zero-order valence-electron chi connectivity index (χ0n) is 12.3. The fourth-order valence-corrected chi connectivity index (χ4v) is 2.39. The molecule has 4 heteroatoms. The van der Waals surface area contributed by atoms with Gasteiger partial charge in [-0.2, -0.15) is 0 Å². The number of aromatic nitrogens is 3. The monoisotopic (exact) mass is 266 g/mol. The Kier molecular flexibility index (Phi) is 2.93. The lowest BCUT2D eigenvalue weighted by Gasteiger charge is -2.10. The minimum atomic E-state index is 0.949.